The molecule has 0 bridgehead atoms. The summed E-state index contributed by atoms with van der Waals surface area (Å²) in [4.78, 5) is 40.7. The Balaban J connectivity index is 1.83. The SMILES string of the molecule is Cn1ncc2c(-c3nc(N)c4c(n3)NC(=O)C4(C)C(N)=O)nc(CCC(F)(F)C(F)(F)F)nc21. The fraction of sp³-hybridized carbons (Fsp3) is 0.389. The lowest BCUT2D eigenvalue weighted by Crippen LogP contribution is -2.44. The number of alkyl halides is 5. The molecule has 34 heavy (non-hydrogen) atoms. The monoisotopic (exact) mass is 485 g/mol. The topological polar surface area (TPSA) is 168 Å². The molecule has 3 aromatic heterocycles. The highest BCUT2D eigenvalue weighted by molar-refractivity contribution is 6.20. The number of nitrogen functional groups attached to an aromatic ring is 1. The highest BCUT2D eigenvalue weighted by Gasteiger charge is 2.56. The van der Waals surface area contributed by atoms with E-state index in [0.29, 0.717) is 0 Å². The summed E-state index contributed by atoms with van der Waals surface area (Å²) in [6.45, 7) is 1.25. The molecule has 3 aromatic rings. The Labute approximate surface area is 186 Å². The average Bonchev–Trinajstić information content (AvgIpc) is 3.23. The van der Waals surface area contributed by atoms with E-state index in [1.54, 1.807) is 0 Å². The molecular weight excluding hydrogens is 469 g/mol. The summed E-state index contributed by atoms with van der Waals surface area (Å²) < 4.78 is 65.8. The summed E-state index contributed by atoms with van der Waals surface area (Å²) in [6, 6.07) is 0. The number of nitrogens with one attached hydrogen (secondary N) is 1. The summed E-state index contributed by atoms with van der Waals surface area (Å²) >= 11 is 0. The van der Waals surface area contributed by atoms with Gasteiger partial charge in [0.1, 0.15) is 23.2 Å². The number of amides is 2. The molecule has 11 nitrogen and oxygen atoms in total. The number of rotatable bonds is 5. The third kappa shape index (κ3) is 3.36. The fourth-order valence-electron chi connectivity index (χ4n) is 3.51. The van der Waals surface area contributed by atoms with Crippen molar-refractivity contribution >= 4 is 34.5 Å². The van der Waals surface area contributed by atoms with Gasteiger partial charge in [0.15, 0.2) is 16.9 Å². The highest BCUT2D eigenvalue weighted by Crippen LogP contribution is 2.41. The largest absolute Gasteiger partial charge is 0.453 e. The number of nitrogens with two attached hydrogens (primary N) is 2. The minimum absolute atomic E-state index is 0.0460. The molecule has 1 atom stereocenters. The van der Waals surface area contributed by atoms with E-state index in [1.165, 1.54) is 24.9 Å². The van der Waals surface area contributed by atoms with Gasteiger partial charge < -0.3 is 16.8 Å². The van der Waals surface area contributed by atoms with Crippen molar-refractivity contribution in [3.8, 4) is 11.5 Å². The number of anilines is 2. The van der Waals surface area contributed by atoms with Crippen LogP contribution in [0.15, 0.2) is 6.20 Å². The molecule has 0 radical (unpaired) electrons. The number of aromatic nitrogens is 6. The standard InChI is InChI=1S/C18H16F5N9O2/c1-16(14(25)33)8-10(24)29-12(30-11(8)31-15(16)34)9-6-5-26-32(2)13(6)28-7(27-9)3-4-17(19,20)18(21,22)23/h5H,3-4H2,1-2H3,(H2,25,33)(H3,24,29,30,31,34). The lowest BCUT2D eigenvalue weighted by atomic mass is 9.84. The molecule has 0 spiro atoms. The van der Waals surface area contributed by atoms with E-state index in [9.17, 15) is 31.5 Å². The minimum Gasteiger partial charge on any atom is -0.383 e. The molecule has 0 saturated heterocycles. The zero-order valence-electron chi connectivity index (χ0n) is 17.5. The van der Waals surface area contributed by atoms with E-state index in [0.717, 1.165) is 0 Å². The molecule has 5 N–H and O–H groups in total. The number of nitrogens with zero attached hydrogens (tertiary/aromatic N) is 6. The molecular formula is C18H16F5N9O2. The van der Waals surface area contributed by atoms with Crippen molar-refractivity contribution in [1.82, 2.24) is 29.7 Å². The number of hydrogen-bond donors (Lipinski definition) is 3. The van der Waals surface area contributed by atoms with Gasteiger partial charge >= 0.3 is 12.1 Å². The summed E-state index contributed by atoms with van der Waals surface area (Å²) in [7, 11) is 1.48. The first-order valence-electron chi connectivity index (χ1n) is 9.59. The molecule has 1 aliphatic rings. The highest BCUT2D eigenvalue weighted by atomic mass is 19.4. The number of fused-ring (bicyclic) bond motifs is 2. The lowest BCUT2D eigenvalue weighted by molar-refractivity contribution is -0.284. The second-order valence-corrected chi connectivity index (χ2v) is 7.80. The maximum absolute atomic E-state index is 13.4. The zero-order chi connectivity index (χ0) is 25.2. The number of hydrogen-bond acceptors (Lipinski definition) is 8. The Hall–Kier alpha value is -3.98. The maximum Gasteiger partial charge on any atom is 0.453 e. The van der Waals surface area contributed by atoms with Crippen molar-refractivity contribution in [2.24, 2.45) is 12.8 Å². The van der Waals surface area contributed by atoms with Crippen molar-refractivity contribution in [3.05, 3.63) is 17.6 Å². The van der Waals surface area contributed by atoms with Gasteiger partial charge in [-0.05, 0) is 6.92 Å². The van der Waals surface area contributed by atoms with Crippen LogP contribution in [0.5, 0.6) is 0 Å². The van der Waals surface area contributed by atoms with E-state index in [4.69, 9.17) is 11.5 Å². The molecule has 4 rings (SSSR count). The van der Waals surface area contributed by atoms with E-state index in [1.807, 2.05) is 0 Å². The van der Waals surface area contributed by atoms with Crippen molar-refractivity contribution in [2.75, 3.05) is 11.1 Å². The number of halogens is 5. The smallest absolute Gasteiger partial charge is 0.383 e. The van der Waals surface area contributed by atoms with Gasteiger partial charge in [0.05, 0.1) is 17.1 Å². The molecule has 0 aromatic carbocycles. The summed E-state index contributed by atoms with van der Waals surface area (Å²) in [5.74, 6) is -7.65. The summed E-state index contributed by atoms with van der Waals surface area (Å²) in [5, 5.41) is 6.63. The van der Waals surface area contributed by atoms with Gasteiger partial charge in [0.2, 0.25) is 11.8 Å². The van der Waals surface area contributed by atoms with Gasteiger partial charge in [-0.2, -0.15) is 27.1 Å². The molecule has 1 aliphatic heterocycles. The van der Waals surface area contributed by atoms with Crippen LogP contribution in [0, 0.1) is 0 Å². The third-order valence-electron chi connectivity index (χ3n) is 5.54. The number of aryl methyl sites for hydroxylation is 2. The van der Waals surface area contributed by atoms with Gasteiger partial charge in [0, 0.05) is 19.9 Å². The molecule has 0 saturated carbocycles. The minimum atomic E-state index is -5.73. The lowest BCUT2D eigenvalue weighted by Gasteiger charge is -2.19. The van der Waals surface area contributed by atoms with E-state index < -0.39 is 42.2 Å². The number of carbonyl (C=O) groups excluding carboxylic acids is 2. The van der Waals surface area contributed by atoms with Crippen LogP contribution in [-0.4, -0.2) is 53.6 Å². The van der Waals surface area contributed by atoms with Crippen molar-refractivity contribution in [2.45, 2.75) is 37.3 Å². The van der Waals surface area contributed by atoms with Crippen LogP contribution in [0.25, 0.3) is 22.6 Å². The Morgan fingerprint density at radius 1 is 1.18 bits per heavy atom. The fourth-order valence-corrected chi connectivity index (χ4v) is 3.51. The van der Waals surface area contributed by atoms with Gasteiger partial charge in [-0.3, -0.25) is 14.3 Å². The van der Waals surface area contributed by atoms with E-state index in [2.05, 4.69) is 30.4 Å². The van der Waals surface area contributed by atoms with Crippen LogP contribution in [0.3, 0.4) is 0 Å². The normalized spacial score (nSPS) is 18.3. The summed E-state index contributed by atoms with van der Waals surface area (Å²) in [5.41, 5.74) is 9.53. The Morgan fingerprint density at radius 2 is 1.85 bits per heavy atom. The van der Waals surface area contributed by atoms with Crippen molar-refractivity contribution < 1.29 is 31.5 Å². The van der Waals surface area contributed by atoms with Crippen LogP contribution in [0.4, 0.5) is 33.6 Å². The molecule has 180 valence electrons. The predicted octanol–water partition coefficient (Wildman–Crippen LogP) is 1.23. The molecule has 4 heterocycles. The molecule has 0 aliphatic carbocycles. The molecule has 16 heteroatoms. The molecule has 2 amide bonds. The van der Waals surface area contributed by atoms with E-state index >= 15 is 0 Å². The van der Waals surface area contributed by atoms with Gasteiger partial charge in [-0.15, -0.1) is 0 Å². The first-order valence-corrected chi connectivity index (χ1v) is 9.59. The average molecular weight is 485 g/mol. The zero-order valence-corrected chi connectivity index (χ0v) is 17.5. The Kier molecular flexibility index (Phi) is 4.95. The van der Waals surface area contributed by atoms with Crippen LogP contribution in [-0.2, 0) is 28.5 Å². The quantitative estimate of drug-likeness (QED) is 0.358. The van der Waals surface area contributed by atoms with E-state index in [-0.39, 0.29) is 45.6 Å². The van der Waals surface area contributed by atoms with Gasteiger partial charge in [-0.1, -0.05) is 0 Å². The van der Waals surface area contributed by atoms with Crippen molar-refractivity contribution in [1.29, 1.82) is 0 Å². The summed E-state index contributed by atoms with van der Waals surface area (Å²) in [6.07, 6.45) is -6.82. The first kappa shape index (κ1) is 23.2. The first-order chi connectivity index (χ1) is 15.7. The number of primary amides is 1. The van der Waals surface area contributed by atoms with Crippen LogP contribution in [0.1, 0.15) is 24.7 Å². The van der Waals surface area contributed by atoms with Crippen LogP contribution in [0.2, 0.25) is 0 Å². The molecule has 1 unspecified atom stereocenters. The second kappa shape index (κ2) is 7.26. The maximum atomic E-state index is 13.4. The van der Waals surface area contributed by atoms with Gasteiger partial charge in [-0.25, -0.2) is 19.9 Å². The molecule has 0 fully saturated rings. The third-order valence-corrected chi connectivity index (χ3v) is 5.54. The Bertz CT molecular complexity index is 1350. The van der Waals surface area contributed by atoms with Gasteiger partial charge in [0.25, 0.3) is 0 Å². The predicted molar refractivity (Wildman–Crippen MR) is 106 cm³/mol. The second-order valence-electron chi connectivity index (χ2n) is 7.80. The van der Waals surface area contributed by atoms with Crippen LogP contribution < -0.4 is 16.8 Å². The Morgan fingerprint density at radius 3 is 2.47 bits per heavy atom. The van der Waals surface area contributed by atoms with Crippen molar-refractivity contribution in [3.63, 3.8) is 0 Å². The van der Waals surface area contributed by atoms with Crippen LogP contribution >= 0.6 is 0 Å². The number of carbonyl (C=O) groups is 2.